The lowest BCUT2D eigenvalue weighted by Crippen LogP contribution is -2.29. The summed E-state index contributed by atoms with van der Waals surface area (Å²) in [5, 5.41) is 3.73. The quantitative estimate of drug-likeness (QED) is 0.449. The van der Waals surface area contributed by atoms with E-state index in [-0.39, 0.29) is 30.2 Å². The number of nitrogens with one attached hydrogen (secondary N) is 1. The molecule has 10 heteroatoms. The van der Waals surface area contributed by atoms with Crippen LogP contribution in [0, 0.1) is 5.92 Å². The van der Waals surface area contributed by atoms with Gasteiger partial charge in [-0.1, -0.05) is 13.8 Å². The van der Waals surface area contributed by atoms with Crippen molar-refractivity contribution in [2.45, 2.75) is 33.6 Å². The lowest BCUT2D eigenvalue weighted by molar-refractivity contribution is -0.141. The molecular formula is C16H20F3N3O4. The van der Waals surface area contributed by atoms with Gasteiger partial charge in [-0.2, -0.15) is 18.3 Å². The van der Waals surface area contributed by atoms with Crippen molar-refractivity contribution in [3.05, 3.63) is 29.1 Å². The molecule has 1 rings (SSSR count). The summed E-state index contributed by atoms with van der Waals surface area (Å²) in [5.41, 5.74) is 0.504. The van der Waals surface area contributed by atoms with Crippen molar-refractivity contribution in [3.8, 4) is 0 Å². The van der Waals surface area contributed by atoms with Gasteiger partial charge in [-0.15, -0.1) is 0 Å². The third-order valence-electron chi connectivity index (χ3n) is 3.07. The van der Waals surface area contributed by atoms with Gasteiger partial charge in [0.25, 0.3) is 0 Å². The number of rotatable bonds is 7. The molecule has 1 aromatic heterocycles. The molecule has 0 aromatic carbocycles. The number of methoxy groups -OCH3 is 1. The third kappa shape index (κ3) is 5.80. The predicted octanol–water partition coefficient (Wildman–Crippen LogP) is 2.29. The van der Waals surface area contributed by atoms with E-state index in [2.05, 4.69) is 15.5 Å². The lowest BCUT2D eigenvalue weighted by atomic mass is 10.1. The van der Waals surface area contributed by atoms with Crippen LogP contribution >= 0.6 is 0 Å². The van der Waals surface area contributed by atoms with E-state index in [1.165, 1.54) is 7.11 Å². The van der Waals surface area contributed by atoms with Crippen molar-refractivity contribution in [1.82, 2.24) is 10.4 Å². The smallest absolute Gasteiger partial charge is 0.433 e. The summed E-state index contributed by atoms with van der Waals surface area (Å²) >= 11 is 0. The van der Waals surface area contributed by atoms with Gasteiger partial charge in [0.05, 0.1) is 18.9 Å². The minimum Gasteiger partial charge on any atom is -0.461 e. The second kappa shape index (κ2) is 9.27. The number of hydrazone groups is 1. The average molecular weight is 375 g/mol. The number of amides is 1. The van der Waals surface area contributed by atoms with Gasteiger partial charge in [0.2, 0.25) is 5.91 Å². The van der Waals surface area contributed by atoms with E-state index in [9.17, 15) is 22.8 Å². The summed E-state index contributed by atoms with van der Waals surface area (Å²) in [5.74, 6) is -1.79. The van der Waals surface area contributed by atoms with Crippen molar-refractivity contribution in [2.75, 3.05) is 13.7 Å². The predicted molar refractivity (Wildman–Crippen MR) is 86.1 cm³/mol. The summed E-state index contributed by atoms with van der Waals surface area (Å²) in [7, 11) is 1.27. The maximum Gasteiger partial charge on any atom is 0.433 e. The van der Waals surface area contributed by atoms with Crippen LogP contribution < -0.4 is 5.43 Å². The molecule has 0 saturated carbocycles. The number of esters is 1. The Morgan fingerprint density at radius 2 is 1.96 bits per heavy atom. The second-order valence-electron chi connectivity index (χ2n) is 5.43. The Bertz CT molecular complexity index is 688. The molecule has 0 fully saturated rings. The zero-order valence-electron chi connectivity index (χ0n) is 14.8. The van der Waals surface area contributed by atoms with Crippen LogP contribution in [0.15, 0.2) is 17.2 Å². The average Bonchev–Trinajstić information content (AvgIpc) is 2.55. The first-order valence-corrected chi connectivity index (χ1v) is 7.72. The summed E-state index contributed by atoms with van der Waals surface area (Å²) in [6.07, 6.45) is -4.66. The molecule has 0 spiro atoms. The van der Waals surface area contributed by atoms with Crippen molar-refractivity contribution in [3.63, 3.8) is 0 Å². The van der Waals surface area contributed by atoms with Gasteiger partial charge in [0.15, 0.2) is 5.71 Å². The van der Waals surface area contributed by atoms with Crippen LogP contribution in [0.5, 0.6) is 0 Å². The molecule has 7 nitrogen and oxygen atoms in total. The number of pyridine rings is 1. The summed E-state index contributed by atoms with van der Waals surface area (Å²) < 4.78 is 48.4. The fraction of sp³-hybridized carbons (Fsp3) is 0.500. The fourth-order valence-corrected chi connectivity index (χ4v) is 1.78. The van der Waals surface area contributed by atoms with Gasteiger partial charge < -0.3 is 9.47 Å². The molecule has 26 heavy (non-hydrogen) atoms. The molecule has 0 radical (unpaired) electrons. The highest BCUT2D eigenvalue weighted by molar-refractivity contribution is 6.43. The number of aromatic nitrogens is 1. The van der Waals surface area contributed by atoms with E-state index in [1.807, 2.05) is 0 Å². The van der Waals surface area contributed by atoms with Crippen LogP contribution in [0.2, 0.25) is 0 Å². The minimum atomic E-state index is -4.66. The molecule has 1 amide bonds. The van der Waals surface area contributed by atoms with Gasteiger partial charge >= 0.3 is 12.1 Å². The first-order chi connectivity index (χ1) is 12.1. The molecule has 0 aliphatic rings. The largest absolute Gasteiger partial charge is 0.461 e. The number of carbonyl (C=O) groups excluding carboxylic acids is 2. The molecular weight excluding hydrogens is 355 g/mol. The maximum atomic E-state index is 12.9. The standard InChI is InChI=1S/C16H20F3N3O4/c1-5-26-15(24)13(21-22-14(23)9(2)3)10-6-7-12(16(17,18)19)20-11(10)8-25-4/h6-7,9H,5,8H2,1-4H3,(H,22,23)/b21-13+. The Labute approximate surface area is 148 Å². The number of nitrogens with zero attached hydrogens (tertiary/aromatic N) is 2. The van der Waals surface area contributed by atoms with Gasteiger partial charge in [-0.25, -0.2) is 15.2 Å². The van der Waals surface area contributed by atoms with E-state index < -0.39 is 29.7 Å². The maximum absolute atomic E-state index is 12.9. The number of ether oxygens (including phenoxy) is 2. The normalized spacial score (nSPS) is 12.2. The van der Waals surface area contributed by atoms with Crippen LogP contribution in [0.4, 0.5) is 13.2 Å². The molecule has 1 heterocycles. The topological polar surface area (TPSA) is 89.9 Å². The highest BCUT2D eigenvalue weighted by atomic mass is 19.4. The molecule has 144 valence electrons. The van der Waals surface area contributed by atoms with E-state index in [1.54, 1.807) is 20.8 Å². The van der Waals surface area contributed by atoms with Crippen molar-refractivity contribution < 1.29 is 32.2 Å². The van der Waals surface area contributed by atoms with Gasteiger partial charge in [-0.05, 0) is 19.1 Å². The number of hydrogen-bond acceptors (Lipinski definition) is 6. The molecule has 0 bridgehead atoms. The third-order valence-corrected chi connectivity index (χ3v) is 3.07. The number of hydrogen-bond donors (Lipinski definition) is 1. The van der Waals surface area contributed by atoms with Crippen LogP contribution in [0.1, 0.15) is 37.7 Å². The zero-order valence-corrected chi connectivity index (χ0v) is 14.8. The van der Waals surface area contributed by atoms with Crippen molar-refractivity contribution >= 4 is 17.6 Å². The Hall–Kier alpha value is -2.49. The van der Waals surface area contributed by atoms with E-state index in [0.717, 1.165) is 6.07 Å². The Kier molecular flexibility index (Phi) is 7.69. The first kappa shape index (κ1) is 21.6. The van der Waals surface area contributed by atoms with Gasteiger partial charge in [0, 0.05) is 18.6 Å². The fourth-order valence-electron chi connectivity index (χ4n) is 1.78. The summed E-state index contributed by atoms with van der Waals surface area (Å²) in [6, 6.07) is 1.76. The molecule has 1 N–H and O–H groups in total. The van der Waals surface area contributed by atoms with Crippen molar-refractivity contribution in [2.24, 2.45) is 11.0 Å². The first-order valence-electron chi connectivity index (χ1n) is 7.72. The highest BCUT2D eigenvalue weighted by Crippen LogP contribution is 2.28. The van der Waals surface area contributed by atoms with Crippen LogP contribution in [0.3, 0.4) is 0 Å². The van der Waals surface area contributed by atoms with E-state index in [4.69, 9.17) is 9.47 Å². The highest BCUT2D eigenvalue weighted by Gasteiger charge is 2.34. The Morgan fingerprint density at radius 3 is 2.46 bits per heavy atom. The van der Waals surface area contributed by atoms with E-state index in [0.29, 0.717) is 6.07 Å². The zero-order chi connectivity index (χ0) is 19.9. The Morgan fingerprint density at radius 1 is 1.31 bits per heavy atom. The summed E-state index contributed by atoms with van der Waals surface area (Å²) in [6.45, 7) is 4.51. The van der Waals surface area contributed by atoms with E-state index >= 15 is 0 Å². The molecule has 0 saturated heterocycles. The Balaban J connectivity index is 3.41. The number of halogens is 3. The monoisotopic (exact) mass is 375 g/mol. The minimum absolute atomic E-state index is 0.0175. The SMILES string of the molecule is CCOC(=O)/C(=N/NC(=O)C(C)C)c1ccc(C(F)(F)F)nc1COC. The molecule has 0 atom stereocenters. The molecule has 0 aliphatic carbocycles. The van der Waals surface area contributed by atoms with Crippen LogP contribution in [-0.2, 0) is 31.8 Å². The van der Waals surface area contributed by atoms with Gasteiger partial charge in [0.1, 0.15) is 5.69 Å². The number of carbonyl (C=O) groups is 2. The lowest BCUT2D eigenvalue weighted by Gasteiger charge is -2.13. The number of alkyl halides is 3. The second-order valence-corrected chi connectivity index (χ2v) is 5.43. The van der Waals surface area contributed by atoms with Crippen LogP contribution in [0.25, 0.3) is 0 Å². The molecule has 1 aromatic rings. The summed E-state index contributed by atoms with van der Waals surface area (Å²) in [4.78, 5) is 27.4. The molecule has 0 unspecified atom stereocenters. The van der Waals surface area contributed by atoms with Crippen LogP contribution in [-0.4, -0.2) is 36.3 Å². The van der Waals surface area contributed by atoms with Crippen molar-refractivity contribution in [1.29, 1.82) is 0 Å². The van der Waals surface area contributed by atoms with Gasteiger partial charge in [-0.3, -0.25) is 4.79 Å². The molecule has 0 aliphatic heterocycles.